The summed E-state index contributed by atoms with van der Waals surface area (Å²) in [6.45, 7) is 7.54. The largest absolute Gasteiger partial charge is 0.361 e. The van der Waals surface area contributed by atoms with Crippen molar-refractivity contribution in [1.82, 2.24) is 10.5 Å². The second-order valence-electron chi connectivity index (χ2n) is 4.93. The second-order valence-corrected chi connectivity index (χ2v) is 5.45. The van der Waals surface area contributed by atoms with Crippen LogP contribution in [-0.4, -0.2) is 11.1 Å². The van der Waals surface area contributed by atoms with Crippen LogP contribution >= 0.6 is 12.6 Å². The number of nitrogens with zero attached hydrogens (tertiary/aromatic N) is 1. The molecule has 0 aliphatic rings. The number of nitrogens with one attached hydrogen (secondary N) is 1. The maximum Gasteiger partial charge on any atom is 0.252 e. The van der Waals surface area contributed by atoms with E-state index < -0.39 is 0 Å². The van der Waals surface area contributed by atoms with Gasteiger partial charge in [-0.15, -0.1) is 12.6 Å². The molecule has 0 saturated heterocycles. The molecule has 0 aliphatic carbocycles. The SMILES string of the molecule is Cc1ccc(S)cc1C(=O)NC(C)c1c(C)noc1C. The van der Waals surface area contributed by atoms with Crippen LogP contribution in [0.5, 0.6) is 0 Å². The molecule has 0 radical (unpaired) electrons. The molecule has 4 nitrogen and oxygen atoms in total. The molecule has 0 fully saturated rings. The van der Waals surface area contributed by atoms with E-state index >= 15 is 0 Å². The molecule has 0 aliphatic heterocycles. The van der Waals surface area contributed by atoms with Crippen molar-refractivity contribution in [2.24, 2.45) is 0 Å². The van der Waals surface area contributed by atoms with Crippen molar-refractivity contribution in [3.8, 4) is 0 Å². The van der Waals surface area contributed by atoms with Gasteiger partial charge in [0.05, 0.1) is 11.7 Å². The fourth-order valence-electron chi connectivity index (χ4n) is 2.31. The quantitative estimate of drug-likeness (QED) is 0.852. The third-order valence-corrected chi connectivity index (χ3v) is 3.61. The smallest absolute Gasteiger partial charge is 0.252 e. The molecule has 1 aromatic carbocycles. The van der Waals surface area contributed by atoms with Gasteiger partial charge in [-0.2, -0.15) is 0 Å². The van der Waals surface area contributed by atoms with Crippen LogP contribution in [0.2, 0.25) is 0 Å². The standard InChI is InChI=1S/C15H18N2O2S/c1-8-5-6-12(20)7-13(8)15(18)16-9(2)14-10(3)17-19-11(14)4/h5-7,9,20H,1-4H3,(H,16,18). The van der Waals surface area contributed by atoms with Gasteiger partial charge in [-0.25, -0.2) is 0 Å². The molecule has 1 atom stereocenters. The number of hydrogen-bond donors (Lipinski definition) is 2. The Morgan fingerprint density at radius 2 is 2.05 bits per heavy atom. The first-order chi connectivity index (χ1) is 9.40. The summed E-state index contributed by atoms with van der Waals surface area (Å²) in [6.07, 6.45) is 0. The lowest BCUT2D eigenvalue weighted by Crippen LogP contribution is -2.27. The highest BCUT2D eigenvalue weighted by Gasteiger charge is 2.19. The fourth-order valence-corrected chi connectivity index (χ4v) is 2.51. The summed E-state index contributed by atoms with van der Waals surface area (Å²) in [5.41, 5.74) is 3.29. The molecule has 2 aromatic rings. The number of amides is 1. The number of thiol groups is 1. The van der Waals surface area contributed by atoms with E-state index in [2.05, 4.69) is 23.1 Å². The number of rotatable bonds is 3. The van der Waals surface area contributed by atoms with Crippen LogP contribution in [0, 0.1) is 20.8 Å². The van der Waals surface area contributed by atoms with Crippen LogP contribution in [0.4, 0.5) is 0 Å². The summed E-state index contributed by atoms with van der Waals surface area (Å²) in [5, 5.41) is 6.89. The molecule has 1 aromatic heterocycles. The van der Waals surface area contributed by atoms with E-state index in [1.165, 1.54) is 0 Å². The van der Waals surface area contributed by atoms with Gasteiger partial charge in [-0.1, -0.05) is 11.2 Å². The molecule has 20 heavy (non-hydrogen) atoms. The first-order valence-corrected chi connectivity index (χ1v) is 6.88. The molecule has 1 heterocycles. The van der Waals surface area contributed by atoms with Crippen molar-refractivity contribution in [3.05, 3.63) is 46.3 Å². The molecule has 1 amide bonds. The Morgan fingerprint density at radius 1 is 1.35 bits per heavy atom. The van der Waals surface area contributed by atoms with Gasteiger partial charge in [0.2, 0.25) is 0 Å². The summed E-state index contributed by atoms with van der Waals surface area (Å²) in [4.78, 5) is 13.1. The fraction of sp³-hybridized carbons (Fsp3) is 0.333. The molecular weight excluding hydrogens is 272 g/mol. The molecule has 0 saturated carbocycles. The predicted molar refractivity (Wildman–Crippen MR) is 80.3 cm³/mol. The summed E-state index contributed by atoms with van der Waals surface area (Å²) < 4.78 is 5.13. The maximum absolute atomic E-state index is 12.3. The van der Waals surface area contributed by atoms with Crippen LogP contribution in [0.15, 0.2) is 27.6 Å². The van der Waals surface area contributed by atoms with Gasteiger partial charge in [0.1, 0.15) is 5.76 Å². The summed E-state index contributed by atoms with van der Waals surface area (Å²) in [6, 6.07) is 5.37. The normalized spacial score (nSPS) is 12.2. The molecule has 2 rings (SSSR count). The van der Waals surface area contributed by atoms with E-state index in [9.17, 15) is 4.79 Å². The second kappa shape index (κ2) is 5.71. The minimum absolute atomic E-state index is 0.120. The van der Waals surface area contributed by atoms with Crippen molar-refractivity contribution in [1.29, 1.82) is 0 Å². The number of benzene rings is 1. The monoisotopic (exact) mass is 290 g/mol. The zero-order valence-electron chi connectivity index (χ0n) is 12.0. The van der Waals surface area contributed by atoms with Crippen molar-refractivity contribution in [2.45, 2.75) is 38.6 Å². The molecule has 0 bridgehead atoms. The van der Waals surface area contributed by atoms with Gasteiger partial charge in [0.15, 0.2) is 0 Å². The Labute approximate surface area is 124 Å². The van der Waals surface area contributed by atoms with Crippen molar-refractivity contribution >= 4 is 18.5 Å². The lowest BCUT2D eigenvalue weighted by atomic mass is 10.0. The van der Waals surface area contributed by atoms with Gasteiger partial charge in [-0.05, 0) is 45.4 Å². The molecule has 1 N–H and O–H groups in total. The molecule has 106 valence electrons. The molecule has 1 unspecified atom stereocenters. The summed E-state index contributed by atoms with van der Waals surface area (Å²) >= 11 is 4.27. The molecule has 5 heteroatoms. The average Bonchev–Trinajstić information content (AvgIpc) is 2.71. The molecular formula is C15H18N2O2S. The Morgan fingerprint density at radius 3 is 2.65 bits per heavy atom. The number of carbonyl (C=O) groups excluding carboxylic acids is 1. The first kappa shape index (κ1) is 14.7. The van der Waals surface area contributed by atoms with Crippen LogP contribution in [0.25, 0.3) is 0 Å². The Kier molecular flexibility index (Phi) is 4.18. The Hall–Kier alpha value is -1.75. The van der Waals surface area contributed by atoms with Crippen molar-refractivity contribution < 1.29 is 9.32 Å². The Bertz CT molecular complexity index is 630. The van der Waals surface area contributed by atoms with Crippen LogP contribution in [-0.2, 0) is 0 Å². The van der Waals surface area contributed by atoms with Gasteiger partial charge >= 0.3 is 0 Å². The van der Waals surface area contributed by atoms with E-state index in [1.807, 2.05) is 39.8 Å². The van der Waals surface area contributed by atoms with Crippen molar-refractivity contribution in [2.75, 3.05) is 0 Å². The number of aromatic nitrogens is 1. The zero-order valence-corrected chi connectivity index (χ0v) is 12.9. The number of hydrogen-bond acceptors (Lipinski definition) is 4. The number of aryl methyl sites for hydroxylation is 3. The highest BCUT2D eigenvalue weighted by atomic mass is 32.1. The molecule has 0 spiro atoms. The van der Waals surface area contributed by atoms with E-state index in [1.54, 1.807) is 6.07 Å². The summed E-state index contributed by atoms with van der Waals surface area (Å²) in [7, 11) is 0. The third kappa shape index (κ3) is 2.88. The first-order valence-electron chi connectivity index (χ1n) is 6.43. The van der Waals surface area contributed by atoms with Crippen LogP contribution < -0.4 is 5.32 Å². The van der Waals surface area contributed by atoms with E-state index in [0.717, 1.165) is 27.5 Å². The third-order valence-electron chi connectivity index (χ3n) is 3.33. The van der Waals surface area contributed by atoms with Gasteiger partial charge in [0.25, 0.3) is 5.91 Å². The minimum atomic E-state index is -0.156. The highest BCUT2D eigenvalue weighted by Crippen LogP contribution is 2.22. The topological polar surface area (TPSA) is 55.1 Å². The predicted octanol–water partition coefficient (Wildman–Crippen LogP) is 3.38. The van der Waals surface area contributed by atoms with Crippen LogP contribution in [0.1, 0.15) is 45.9 Å². The van der Waals surface area contributed by atoms with Crippen molar-refractivity contribution in [3.63, 3.8) is 0 Å². The van der Waals surface area contributed by atoms with Gasteiger partial charge < -0.3 is 9.84 Å². The maximum atomic E-state index is 12.3. The van der Waals surface area contributed by atoms with E-state index in [4.69, 9.17) is 4.52 Å². The van der Waals surface area contributed by atoms with Gasteiger partial charge in [-0.3, -0.25) is 4.79 Å². The highest BCUT2D eigenvalue weighted by molar-refractivity contribution is 7.80. The van der Waals surface area contributed by atoms with Crippen LogP contribution in [0.3, 0.4) is 0 Å². The lowest BCUT2D eigenvalue weighted by molar-refractivity contribution is 0.0939. The van der Waals surface area contributed by atoms with E-state index in [-0.39, 0.29) is 11.9 Å². The minimum Gasteiger partial charge on any atom is -0.361 e. The lowest BCUT2D eigenvalue weighted by Gasteiger charge is -2.15. The zero-order chi connectivity index (χ0) is 14.9. The summed E-state index contributed by atoms with van der Waals surface area (Å²) in [5.74, 6) is 0.612. The average molecular weight is 290 g/mol. The van der Waals surface area contributed by atoms with E-state index in [0.29, 0.717) is 5.56 Å². The van der Waals surface area contributed by atoms with Gasteiger partial charge in [0, 0.05) is 16.0 Å². The Balaban J connectivity index is 2.22. The number of carbonyl (C=O) groups is 1.